The van der Waals surface area contributed by atoms with Gasteiger partial charge in [-0.1, -0.05) is 24.3 Å². The van der Waals surface area contributed by atoms with Crippen LogP contribution in [0.25, 0.3) is 0 Å². The zero-order valence-corrected chi connectivity index (χ0v) is 16.6. The average Bonchev–Trinajstić information content (AvgIpc) is 3.18. The summed E-state index contributed by atoms with van der Waals surface area (Å²) in [7, 11) is -3.24. The third-order valence-electron chi connectivity index (χ3n) is 4.51. The quantitative estimate of drug-likeness (QED) is 0.767. The van der Waals surface area contributed by atoms with Gasteiger partial charge in [-0.15, -0.1) is 0 Å². The lowest BCUT2D eigenvalue weighted by atomic mass is 10.0. The lowest BCUT2D eigenvalue weighted by Gasteiger charge is -2.22. The zero-order valence-electron chi connectivity index (χ0n) is 15.8. The molecule has 0 atom stereocenters. The van der Waals surface area contributed by atoms with Crippen LogP contribution in [0, 0.1) is 0 Å². The molecule has 0 spiro atoms. The minimum Gasteiger partial charge on any atom is -0.354 e. The largest absolute Gasteiger partial charge is 0.354 e. The van der Waals surface area contributed by atoms with Crippen molar-refractivity contribution in [2.75, 3.05) is 35.0 Å². The third-order valence-corrected chi connectivity index (χ3v) is 6.38. The van der Waals surface area contributed by atoms with E-state index in [1.54, 1.807) is 6.92 Å². The Hall–Kier alpha value is -2.54. The first kappa shape index (κ1) is 19.2. The van der Waals surface area contributed by atoms with Gasteiger partial charge in [0.15, 0.2) is 5.96 Å². The van der Waals surface area contributed by atoms with Crippen molar-refractivity contribution < 1.29 is 8.42 Å². The number of hydrogen-bond acceptors (Lipinski definition) is 5. The van der Waals surface area contributed by atoms with E-state index in [9.17, 15) is 8.42 Å². The SMILES string of the molecule is CCN(c1ccc(Cc2ccc(NC3=NCCN3)cc2)cc1)S(=O)(=O)CC. The van der Waals surface area contributed by atoms with Crippen LogP contribution in [0.15, 0.2) is 53.5 Å². The van der Waals surface area contributed by atoms with E-state index in [2.05, 4.69) is 27.8 Å². The molecular formula is C20H26N4O2S. The molecule has 0 aromatic heterocycles. The number of hydrogen-bond donors (Lipinski definition) is 2. The monoisotopic (exact) mass is 386 g/mol. The molecule has 144 valence electrons. The first-order chi connectivity index (χ1) is 13.0. The van der Waals surface area contributed by atoms with Gasteiger partial charge < -0.3 is 10.6 Å². The van der Waals surface area contributed by atoms with Crippen molar-refractivity contribution in [3.63, 3.8) is 0 Å². The molecule has 0 bridgehead atoms. The molecule has 1 aliphatic rings. The molecule has 0 unspecified atom stereocenters. The van der Waals surface area contributed by atoms with E-state index in [0.29, 0.717) is 12.2 Å². The van der Waals surface area contributed by atoms with E-state index < -0.39 is 10.0 Å². The van der Waals surface area contributed by atoms with Gasteiger partial charge in [0.2, 0.25) is 10.0 Å². The highest BCUT2D eigenvalue weighted by atomic mass is 32.2. The van der Waals surface area contributed by atoms with Crippen molar-refractivity contribution in [3.05, 3.63) is 59.7 Å². The van der Waals surface area contributed by atoms with E-state index in [-0.39, 0.29) is 5.75 Å². The fourth-order valence-electron chi connectivity index (χ4n) is 3.04. The second-order valence-electron chi connectivity index (χ2n) is 6.39. The second kappa shape index (κ2) is 8.43. The van der Waals surface area contributed by atoms with Crippen molar-refractivity contribution in [1.29, 1.82) is 0 Å². The van der Waals surface area contributed by atoms with Crippen LogP contribution >= 0.6 is 0 Å². The Morgan fingerprint density at radius 1 is 1.04 bits per heavy atom. The number of sulfonamides is 1. The van der Waals surface area contributed by atoms with E-state index in [1.807, 2.05) is 43.3 Å². The van der Waals surface area contributed by atoms with E-state index in [1.165, 1.54) is 9.87 Å². The van der Waals surface area contributed by atoms with Crippen molar-refractivity contribution in [3.8, 4) is 0 Å². The van der Waals surface area contributed by atoms with Crippen molar-refractivity contribution in [1.82, 2.24) is 5.32 Å². The summed E-state index contributed by atoms with van der Waals surface area (Å²) in [6, 6.07) is 16.0. The van der Waals surface area contributed by atoms with Gasteiger partial charge in [0.1, 0.15) is 0 Å². The topological polar surface area (TPSA) is 73.8 Å². The van der Waals surface area contributed by atoms with Gasteiger partial charge in [-0.25, -0.2) is 8.42 Å². The fourth-order valence-corrected chi connectivity index (χ4v) is 4.18. The van der Waals surface area contributed by atoms with Crippen LogP contribution < -0.4 is 14.9 Å². The molecule has 6 nitrogen and oxygen atoms in total. The molecule has 2 aromatic rings. The Bertz CT molecular complexity index is 891. The number of anilines is 2. The predicted molar refractivity (Wildman–Crippen MR) is 112 cm³/mol. The Balaban J connectivity index is 1.65. The normalized spacial score (nSPS) is 13.8. The van der Waals surface area contributed by atoms with Crippen molar-refractivity contribution >= 4 is 27.4 Å². The van der Waals surface area contributed by atoms with E-state index >= 15 is 0 Å². The van der Waals surface area contributed by atoms with Crippen molar-refractivity contribution in [2.45, 2.75) is 20.3 Å². The Morgan fingerprint density at radius 2 is 1.67 bits per heavy atom. The molecule has 7 heteroatoms. The summed E-state index contributed by atoms with van der Waals surface area (Å²) in [5.41, 5.74) is 4.06. The zero-order chi connectivity index (χ0) is 19.3. The van der Waals surface area contributed by atoms with Gasteiger partial charge in [-0.3, -0.25) is 9.30 Å². The number of nitrogens with zero attached hydrogens (tertiary/aromatic N) is 2. The van der Waals surface area contributed by atoms with Crippen LogP contribution in [0.1, 0.15) is 25.0 Å². The van der Waals surface area contributed by atoms with Crippen LogP contribution in [0.4, 0.5) is 11.4 Å². The molecule has 3 rings (SSSR count). The fraction of sp³-hybridized carbons (Fsp3) is 0.350. The highest BCUT2D eigenvalue weighted by Gasteiger charge is 2.18. The van der Waals surface area contributed by atoms with Gasteiger partial charge >= 0.3 is 0 Å². The maximum absolute atomic E-state index is 12.2. The lowest BCUT2D eigenvalue weighted by molar-refractivity contribution is 0.593. The number of nitrogens with one attached hydrogen (secondary N) is 2. The smallest absolute Gasteiger partial charge is 0.234 e. The molecule has 0 radical (unpaired) electrons. The van der Waals surface area contributed by atoms with Gasteiger partial charge in [0.05, 0.1) is 18.0 Å². The molecule has 0 aliphatic carbocycles. The molecule has 2 N–H and O–H groups in total. The minimum atomic E-state index is -3.24. The van der Waals surface area contributed by atoms with Crippen LogP contribution in [-0.2, 0) is 16.4 Å². The summed E-state index contributed by atoms with van der Waals surface area (Å²) in [4.78, 5) is 4.32. The number of benzene rings is 2. The Labute approximate surface area is 161 Å². The molecule has 0 fully saturated rings. The summed E-state index contributed by atoms with van der Waals surface area (Å²) >= 11 is 0. The molecule has 0 amide bonds. The van der Waals surface area contributed by atoms with E-state index in [0.717, 1.165) is 36.7 Å². The van der Waals surface area contributed by atoms with Crippen LogP contribution in [0.5, 0.6) is 0 Å². The summed E-state index contributed by atoms with van der Waals surface area (Å²) in [5.74, 6) is 0.922. The highest BCUT2D eigenvalue weighted by Crippen LogP contribution is 2.21. The Morgan fingerprint density at radius 3 is 2.19 bits per heavy atom. The summed E-state index contributed by atoms with van der Waals surface area (Å²) in [5, 5.41) is 6.44. The molecule has 1 aliphatic heterocycles. The lowest BCUT2D eigenvalue weighted by Crippen LogP contribution is -2.31. The maximum atomic E-state index is 12.2. The summed E-state index contributed by atoms with van der Waals surface area (Å²) in [6.07, 6.45) is 0.798. The summed E-state index contributed by atoms with van der Waals surface area (Å²) < 4.78 is 25.8. The molecular weight excluding hydrogens is 360 g/mol. The highest BCUT2D eigenvalue weighted by molar-refractivity contribution is 7.92. The first-order valence-corrected chi connectivity index (χ1v) is 10.9. The number of guanidine groups is 1. The molecule has 0 saturated heterocycles. The van der Waals surface area contributed by atoms with Crippen LogP contribution in [-0.4, -0.2) is 39.8 Å². The number of aliphatic imine (C=N–C) groups is 1. The van der Waals surface area contributed by atoms with Gasteiger partial charge in [0.25, 0.3) is 0 Å². The molecule has 27 heavy (non-hydrogen) atoms. The van der Waals surface area contributed by atoms with E-state index in [4.69, 9.17) is 0 Å². The maximum Gasteiger partial charge on any atom is 0.234 e. The van der Waals surface area contributed by atoms with Gasteiger partial charge in [-0.2, -0.15) is 0 Å². The summed E-state index contributed by atoms with van der Waals surface area (Å²) in [6.45, 7) is 5.64. The molecule has 0 saturated carbocycles. The molecule has 2 aromatic carbocycles. The average molecular weight is 387 g/mol. The first-order valence-electron chi connectivity index (χ1n) is 9.25. The predicted octanol–water partition coefficient (Wildman–Crippen LogP) is 2.82. The Kier molecular flexibility index (Phi) is 6.01. The standard InChI is InChI=1S/C20H26N4O2S/c1-3-24(27(25,26)4-2)19-11-7-17(8-12-19)15-16-5-9-18(10-6-16)23-20-21-13-14-22-20/h5-12H,3-4,13-15H2,1-2H3,(H2,21,22,23). The minimum absolute atomic E-state index is 0.102. The third kappa shape index (κ3) is 4.80. The number of rotatable bonds is 7. The van der Waals surface area contributed by atoms with Gasteiger partial charge in [-0.05, 0) is 55.7 Å². The molecule has 1 heterocycles. The van der Waals surface area contributed by atoms with Crippen molar-refractivity contribution in [2.24, 2.45) is 4.99 Å². The van der Waals surface area contributed by atoms with Gasteiger partial charge in [0, 0.05) is 18.8 Å². The second-order valence-corrected chi connectivity index (χ2v) is 8.57. The van der Waals surface area contributed by atoms with Crippen LogP contribution in [0.2, 0.25) is 0 Å². The van der Waals surface area contributed by atoms with Crippen LogP contribution in [0.3, 0.4) is 0 Å².